The normalized spacial score (nSPS) is 16.5. The molecule has 0 unspecified atom stereocenters. The van der Waals surface area contributed by atoms with Crippen molar-refractivity contribution in [3.05, 3.63) is 53.6 Å². The van der Waals surface area contributed by atoms with E-state index in [9.17, 15) is 14.7 Å². The van der Waals surface area contributed by atoms with Gasteiger partial charge in [0.25, 0.3) is 0 Å². The van der Waals surface area contributed by atoms with Crippen LogP contribution in [0.3, 0.4) is 0 Å². The first-order valence-electron chi connectivity index (χ1n) is 13.3. The number of hydrogen-bond acceptors (Lipinski definition) is 7. The minimum Gasteiger partial charge on any atom is -0.491 e. The fraction of sp³-hybridized carbons (Fsp3) is 0.517. The maximum atomic E-state index is 12.8. The van der Waals surface area contributed by atoms with Crippen LogP contribution in [0.15, 0.2) is 42.5 Å². The van der Waals surface area contributed by atoms with Gasteiger partial charge in [0.1, 0.15) is 5.75 Å². The summed E-state index contributed by atoms with van der Waals surface area (Å²) in [5.74, 6) is 1.81. The second-order valence-electron chi connectivity index (χ2n) is 10.0. The first-order valence-corrected chi connectivity index (χ1v) is 13.3. The van der Waals surface area contributed by atoms with E-state index in [0.717, 1.165) is 25.4 Å². The topological polar surface area (TPSA) is 97.3 Å². The number of carbonyl (C=O) groups is 2. The molecule has 1 amide bonds. The van der Waals surface area contributed by atoms with Gasteiger partial charge in [-0.05, 0) is 94.6 Å². The number of Topliss-reactive ketones (excluding diaryl/α,β-unsaturated/α-hetero) is 1. The molecule has 2 aliphatic rings. The summed E-state index contributed by atoms with van der Waals surface area (Å²) in [6.45, 7) is 6.98. The Bertz CT molecular complexity index is 1050. The van der Waals surface area contributed by atoms with E-state index in [1.807, 2.05) is 19.9 Å². The van der Waals surface area contributed by atoms with Gasteiger partial charge >= 0.3 is 0 Å². The van der Waals surface area contributed by atoms with Crippen LogP contribution in [0.4, 0.5) is 0 Å². The molecule has 0 aromatic heterocycles. The number of carbonyl (C=O) groups excluding carboxylic acids is 2. The standard InChI is InChI=1S/C29H38N2O6/c1-20(2)37-23-11-8-21(9-12-23)25(32)6-5-7-28(33)30-24(14-17-31-15-3-4-16-31)29(34)22-10-13-26-27(18-22)36-19-35-26/h8-13,18,20,24,29,34H,3-7,14-17,19H2,1-2H3,(H,30,33)/t24-,29-/m1/s1. The molecule has 0 aliphatic carbocycles. The summed E-state index contributed by atoms with van der Waals surface area (Å²) >= 11 is 0. The fourth-order valence-corrected chi connectivity index (χ4v) is 4.79. The molecule has 4 rings (SSSR count). The highest BCUT2D eigenvalue weighted by Gasteiger charge is 2.26. The Kier molecular flexibility index (Phi) is 9.41. The van der Waals surface area contributed by atoms with E-state index in [-0.39, 0.29) is 37.4 Å². The van der Waals surface area contributed by atoms with Crippen molar-refractivity contribution < 1.29 is 28.9 Å². The number of ether oxygens (including phenoxy) is 3. The molecule has 200 valence electrons. The van der Waals surface area contributed by atoms with Crippen LogP contribution in [0, 0.1) is 0 Å². The molecule has 0 radical (unpaired) electrons. The van der Waals surface area contributed by atoms with E-state index in [4.69, 9.17) is 14.2 Å². The van der Waals surface area contributed by atoms with Crippen LogP contribution in [0.1, 0.15) is 74.4 Å². The summed E-state index contributed by atoms with van der Waals surface area (Å²) in [6.07, 6.45) is 3.12. The third-order valence-corrected chi connectivity index (χ3v) is 6.78. The number of aliphatic hydroxyl groups is 1. The monoisotopic (exact) mass is 510 g/mol. The van der Waals surface area contributed by atoms with E-state index < -0.39 is 12.1 Å². The van der Waals surface area contributed by atoms with Crippen molar-refractivity contribution in [2.24, 2.45) is 0 Å². The Morgan fingerprint density at radius 3 is 2.49 bits per heavy atom. The summed E-state index contributed by atoms with van der Waals surface area (Å²) in [4.78, 5) is 27.8. The van der Waals surface area contributed by atoms with Crippen LogP contribution in [-0.4, -0.2) is 60.3 Å². The van der Waals surface area contributed by atoms with Crippen molar-refractivity contribution in [1.82, 2.24) is 10.2 Å². The Balaban J connectivity index is 1.30. The Morgan fingerprint density at radius 1 is 1.03 bits per heavy atom. The number of hydrogen-bond donors (Lipinski definition) is 2. The molecule has 37 heavy (non-hydrogen) atoms. The number of nitrogens with one attached hydrogen (secondary N) is 1. The highest BCUT2D eigenvalue weighted by molar-refractivity contribution is 5.96. The lowest BCUT2D eigenvalue weighted by Gasteiger charge is -2.27. The molecule has 1 saturated heterocycles. The van der Waals surface area contributed by atoms with Gasteiger partial charge in [-0.1, -0.05) is 6.07 Å². The van der Waals surface area contributed by atoms with Crippen molar-refractivity contribution in [1.29, 1.82) is 0 Å². The number of fused-ring (bicyclic) bond motifs is 1. The number of rotatable bonds is 13. The molecule has 2 aliphatic heterocycles. The summed E-state index contributed by atoms with van der Waals surface area (Å²) < 4.78 is 16.5. The minimum absolute atomic E-state index is 0.00475. The van der Waals surface area contributed by atoms with Gasteiger partial charge in [-0.2, -0.15) is 0 Å². The molecular weight excluding hydrogens is 472 g/mol. The van der Waals surface area contributed by atoms with Crippen LogP contribution in [0.2, 0.25) is 0 Å². The Labute approximate surface area is 218 Å². The molecule has 2 heterocycles. The lowest BCUT2D eigenvalue weighted by molar-refractivity contribution is -0.122. The number of benzene rings is 2. The molecule has 8 nitrogen and oxygen atoms in total. The van der Waals surface area contributed by atoms with Crippen LogP contribution in [0.25, 0.3) is 0 Å². The average Bonchev–Trinajstić information content (AvgIpc) is 3.57. The third kappa shape index (κ3) is 7.69. The van der Waals surface area contributed by atoms with Gasteiger partial charge in [0.05, 0.1) is 18.2 Å². The van der Waals surface area contributed by atoms with Crippen LogP contribution in [-0.2, 0) is 4.79 Å². The van der Waals surface area contributed by atoms with Crippen LogP contribution < -0.4 is 19.5 Å². The third-order valence-electron chi connectivity index (χ3n) is 6.78. The molecule has 2 N–H and O–H groups in total. The predicted molar refractivity (Wildman–Crippen MR) is 140 cm³/mol. The van der Waals surface area contributed by atoms with E-state index >= 15 is 0 Å². The van der Waals surface area contributed by atoms with Crippen molar-refractivity contribution >= 4 is 11.7 Å². The first kappa shape index (κ1) is 26.9. The zero-order valence-electron chi connectivity index (χ0n) is 21.8. The van der Waals surface area contributed by atoms with Gasteiger partial charge in [0.15, 0.2) is 17.3 Å². The van der Waals surface area contributed by atoms with Crippen molar-refractivity contribution in [2.45, 2.75) is 70.6 Å². The van der Waals surface area contributed by atoms with Gasteiger partial charge in [-0.15, -0.1) is 0 Å². The van der Waals surface area contributed by atoms with Crippen molar-refractivity contribution in [2.75, 3.05) is 26.4 Å². The molecule has 8 heteroatoms. The average molecular weight is 511 g/mol. The summed E-state index contributed by atoms with van der Waals surface area (Å²) in [5, 5.41) is 14.2. The van der Waals surface area contributed by atoms with Gasteiger partial charge < -0.3 is 29.5 Å². The van der Waals surface area contributed by atoms with Crippen LogP contribution in [0.5, 0.6) is 17.2 Å². The lowest BCUT2D eigenvalue weighted by Crippen LogP contribution is -2.41. The highest BCUT2D eigenvalue weighted by Crippen LogP contribution is 2.35. The number of ketones is 1. The molecule has 0 bridgehead atoms. The SMILES string of the molecule is CC(C)Oc1ccc(C(=O)CCCC(=O)N[C@H](CCN2CCCC2)[C@H](O)c2ccc3c(c2)OCO3)cc1. The second-order valence-corrected chi connectivity index (χ2v) is 10.0. The molecule has 2 aromatic rings. The minimum atomic E-state index is -0.880. The highest BCUT2D eigenvalue weighted by atomic mass is 16.7. The number of likely N-dealkylation sites (tertiary alicyclic amines) is 1. The first-order chi connectivity index (χ1) is 17.9. The Hall–Kier alpha value is -3.10. The van der Waals surface area contributed by atoms with E-state index in [0.29, 0.717) is 35.5 Å². The van der Waals surface area contributed by atoms with Crippen LogP contribution >= 0.6 is 0 Å². The molecule has 0 saturated carbocycles. The van der Waals surface area contributed by atoms with Gasteiger partial charge in [-0.3, -0.25) is 9.59 Å². The van der Waals surface area contributed by atoms with Gasteiger partial charge in [0, 0.05) is 24.9 Å². The molecule has 2 atom stereocenters. The predicted octanol–water partition coefficient (Wildman–Crippen LogP) is 4.26. The summed E-state index contributed by atoms with van der Waals surface area (Å²) in [6, 6.07) is 12.0. The summed E-state index contributed by atoms with van der Waals surface area (Å²) in [7, 11) is 0. The molecular formula is C29H38N2O6. The number of aliphatic hydroxyl groups excluding tert-OH is 1. The van der Waals surface area contributed by atoms with E-state index in [1.54, 1.807) is 36.4 Å². The zero-order chi connectivity index (χ0) is 26.2. The van der Waals surface area contributed by atoms with Gasteiger partial charge in [-0.25, -0.2) is 0 Å². The smallest absolute Gasteiger partial charge is 0.231 e. The Morgan fingerprint density at radius 2 is 1.76 bits per heavy atom. The maximum absolute atomic E-state index is 12.8. The fourth-order valence-electron chi connectivity index (χ4n) is 4.79. The zero-order valence-corrected chi connectivity index (χ0v) is 21.8. The molecule has 1 fully saturated rings. The quantitative estimate of drug-likeness (QED) is 0.389. The van der Waals surface area contributed by atoms with Crippen molar-refractivity contribution in [3.63, 3.8) is 0 Å². The lowest BCUT2D eigenvalue weighted by atomic mass is 9.98. The van der Waals surface area contributed by atoms with E-state index in [2.05, 4.69) is 10.2 Å². The van der Waals surface area contributed by atoms with E-state index in [1.165, 1.54) is 12.8 Å². The van der Waals surface area contributed by atoms with Crippen molar-refractivity contribution in [3.8, 4) is 17.2 Å². The largest absolute Gasteiger partial charge is 0.491 e. The molecule has 2 aromatic carbocycles. The number of amides is 1. The molecule has 0 spiro atoms. The number of nitrogens with zero attached hydrogens (tertiary/aromatic N) is 1. The second kappa shape index (κ2) is 12.9. The van der Waals surface area contributed by atoms with Gasteiger partial charge in [0.2, 0.25) is 12.7 Å². The summed E-state index contributed by atoms with van der Waals surface area (Å²) in [5.41, 5.74) is 1.29. The maximum Gasteiger partial charge on any atom is 0.231 e.